The van der Waals surface area contributed by atoms with E-state index in [0.717, 1.165) is 45.0 Å². The second-order valence-corrected chi connectivity index (χ2v) is 17.4. The van der Waals surface area contributed by atoms with Crippen molar-refractivity contribution in [3.8, 4) is 11.1 Å². The van der Waals surface area contributed by atoms with Crippen molar-refractivity contribution in [3.63, 3.8) is 0 Å². The summed E-state index contributed by atoms with van der Waals surface area (Å²) in [5.41, 5.74) is 9.10. The Kier molecular flexibility index (Phi) is 6.19. The minimum atomic E-state index is -2.72. The fourth-order valence-corrected chi connectivity index (χ4v) is 14.9. The standard InChI is InChI=1S/C44H37N3Si/c1-3-15-33(16-4-1)48(34-17-5-2-6-18-34)41-23-11-9-21-38(41)44(39-22-10-12-24-42(39)48)37-20-8-7-19-35(37)36-26-25-32(31-40(36)44)47-30-14-29-46-28-13-27-45-43(46)47/h1-12,15-26,31H,13-14,27-30H2. The van der Waals surface area contributed by atoms with Gasteiger partial charge in [-0.3, -0.25) is 4.99 Å². The third-order valence-electron chi connectivity index (χ3n) is 11.4. The summed E-state index contributed by atoms with van der Waals surface area (Å²) in [4.78, 5) is 10.1. The summed E-state index contributed by atoms with van der Waals surface area (Å²) in [5.74, 6) is 1.15. The van der Waals surface area contributed by atoms with Crippen molar-refractivity contribution in [1.82, 2.24) is 4.90 Å². The first-order valence-electron chi connectivity index (χ1n) is 17.5. The molecule has 232 valence electrons. The van der Waals surface area contributed by atoms with E-state index in [-0.39, 0.29) is 0 Å². The molecule has 3 aliphatic heterocycles. The van der Waals surface area contributed by atoms with Crippen LogP contribution in [0, 0.1) is 0 Å². The van der Waals surface area contributed by atoms with Crippen LogP contribution in [0.4, 0.5) is 5.69 Å². The van der Waals surface area contributed by atoms with E-state index in [2.05, 4.69) is 161 Å². The highest BCUT2D eigenvalue weighted by Gasteiger charge is 2.57. The number of benzene rings is 6. The molecule has 6 aromatic rings. The zero-order valence-corrected chi connectivity index (χ0v) is 28.0. The molecule has 1 spiro atoms. The van der Waals surface area contributed by atoms with Crippen LogP contribution in [0.5, 0.6) is 0 Å². The van der Waals surface area contributed by atoms with Crippen LogP contribution in [-0.2, 0) is 5.41 Å². The van der Waals surface area contributed by atoms with E-state index in [1.54, 1.807) is 0 Å². The number of guanidine groups is 1. The van der Waals surface area contributed by atoms with Crippen LogP contribution < -0.4 is 25.6 Å². The first-order valence-corrected chi connectivity index (χ1v) is 19.5. The summed E-state index contributed by atoms with van der Waals surface area (Å²) in [6.07, 6.45) is 2.29. The summed E-state index contributed by atoms with van der Waals surface area (Å²) < 4.78 is 0. The molecule has 0 N–H and O–H groups in total. The van der Waals surface area contributed by atoms with Crippen LogP contribution >= 0.6 is 0 Å². The Bertz CT molecular complexity index is 2130. The van der Waals surface area contributed by atoms with E-state index < -0.39 is 13.5 Å². The fourth-order valence-electron chi connectivity index (χ4n) is 9.62. The lowest BCUT2D eigenvalue weighted by Gasteiger charge is -2.49. The molecule has 3 heterocycles. The normalized spacial score (nSPS) is 17.9. The molecule has 1 aliphatic carbocycles. The molecule has 6 aromatic carbocycles. The molecule has 10 rings (SSSR count). The van der Waals surface area contributed by atoms with Crippen molar-refractivity contribution in [1.29, 1.82) is 0 Å². The lowest BCUT2D eigenvalue weighted by molar-refractivity contribution is 0.360. The minimum Gasteiger partial charge on any atom is -0.342 e. The van der Waals surface area contributed by atoms with Crippen LogP contribution in [0.15, 0.2) is 157 Å². The largest absolute Gasteiger partial charge is 0.342 e. The third-order valence-corrected chi connectivity index (χ3v) is 16.3. The Balaban J connectivity index is 1.32. The maximum Gasteiger partial charge on any atom is 0.201 e. The Morgan fingerprint density at radius 3 is 1.75 bits per heavy atom. The van der Waals surface area contributed by atoms with Crippen LogP contribution in [0.1, 0.15) is 35.1 Å². The molecule has 1 fully saturated rings. The van der Waals surface area contributed by atoms with E-state index >= 15 is 0 Å². The lowest BCUT2D eigenvalue weighted by atomic mass is 9.67. The van der Waals surface area contributed by atoms with Crippen LogP contribution in [0.3, 0.4) is 0 Å². The summed E-state index contributed by atoms with van der Waals surface area (Å²) in [6, 6.07) is 58.1. The van der Waals surface area contributed by atoms with Gasteiger partial charge in [0.15, 0.2) is 8.07 Å². The highest BCUT2D eigenvalue weighted by molar-refractivity contribution is 7.20. The van der Waals surface area contributed by atoms with Crippen LogP contribution in [-0.4, -0.2) is 45.1 Å². The summed E-state index contributed by atoms with van der Waals surface area (Å²) in [6.45, 7) is 4.11. The number of nitrogens with zero attached hydrogens (tertiary/aromatic N) is 3. The second-order valence-electron chi connectivity index (χ2n) is 13.6. The highest BCUT2D eigenvalue weighted by atomic mass is 28.3. The predicted octanol–water partition coefficient (Wildman–Crippen LogP) is 6.01. The van der Waals surface area contributed by atoms with E-state index in [1.807, 2.05) is 0 Å². The summed E-state index contributed by atoms with van der Waals surface area (Å²) in [5, 5.41) is 5.81. The number of hydrogen-bond acceptors (Lipinski definition) is 3. The minimum absolute atomic E-state index is 0.445. The Morgan fingerprint density at radius 2 is 1.06 bits per heavy atom. The molecule has 48 heavy (non-hydrogen) atoms. The van der Waals surface area contributed by atoms with Crippen LogP contribution in [0.2, 0.25) is 0 Å². The molecule has 0 atom stereocenters. The fraction of sp³-hybridized carbons (Fsp3) is 0.159. The molecule has 0 amide bonds. The van der Waals surface area contributed by atoms with Gasteiger partial charge < -0.3 is 9.80 Å². The molecular weight excluding hydrogens is 599 g/mol. The maximum absolute atomic E-state index is 5.08. The van der Waals surface area contributed by atoms with Crippen molar-refractivity contribution in [3.05, 3.63) is 174 Å². The number of anilines is 1. The Hall–Kier alpha value is -5.19. The zero-order chi connectivity index (χ0) is 31.7. The Morgan fingerprint density at radius 1 is 0.500 bits per heavy atom. The van der Waals surface area contributed by atoms with Crippen molar-refractivity contribution < 1.29 is 0 Å². The van der Waals surface area contributed by atoms with Gasteiger partial charge in [0, 0.05) is 31.9 Å². The van der Waals surface area contributed by atoms with Gasteiger partial charge in [-0.25, -0.2) is 0 Å². The highest BCUT2D eigenvalue weighted by Crippen LogP contribution is 2.57. The molecule has 0 aromatic heterocycles. The van der Waals surface area contributed by atoms with Gasteiger partial charge in [0.05, 0.1) is 5.41 Å². The molecule has 0 unspecified atom stereocenters. The number of rotatable bonds is 3. The van der Waals surface area contributed by atoms with Gasteiger partial charge >= 0.3 is 0 Å². The maximum atomic E-state index is 5.08. The monoisotopic (exact) mass is 635 g/mol. The molecule has 0 bridgehead atoms. The quantitative estimate of drug-likeness (QED) is 0.222. The van der Waals surface area contributed by atoms with Crippen molar-refractivity contribution in [2.45, 2.75) is 18.3 Å². The van der Waals surface area contributed by atoms with Crippen molar-refractivity contribution in [2.75, 3.05) is 31.1 Å². The van der Waals surface area contributed by atoms with Crippen molar-refractivity contribution >= 4 is 40.5 Å². The van der Waals surface area contributed by atoms with Gasteiger partial charge in [0.1, 0.15) is 0 Å². The molecule has 0 saturated carbocycles. The van der Waals surface area contributed by atoms with Gasteiger partial charge in [0.2, 0.25) is 5.96 Å². The van der Waals surface area contributed by atoms with E-state index in [9.17, 15) is 0 Å². The van der Waals surface area contributed by atoms with E-state index in [4.69, 9.17) is 4.99 Å². The summed E-state index contributed by atoms with van der Waals surface area (Å²) in [7, 11) is -2.72. The number of aliphatic imine (C=N–C) groups is 1. The molecule has 3 nitrogen and oxygen atoms in total. The van der Waals surface area contributed by atoms with Gasteiger partial charge in [-0.15, -0.1) is 0 Å². The number of hydrogen-bond donors (Lipinski definition) is 0. The average molecular weight is 636 g/mol. The van der Waals surface area contributed by atoms with Crippen LogP contribution in [0.25, 0.3) is 11.1 Å². The van der Waals surface area contributed by atoms with Gasteiger partial charge in [-0.1, -0.05) is 140 Å². The predicted molar refractivity (Wildman–Crippen MR) is 201 cm³/mol. The zero-order valence-electron chi connectivity index (χ0n) is 27.0. The van der Waals surface area contributed by atoms with Gasteiger partial charge in [-0.2, -0.15) is 0 Å². The summed E-state index contributed by atoms with van der Waals surface area (Å²) >= 11 is 0. The van der Waals surface area contributed by atoms with E-state index in [0.29, 0.717) is 0 Å². The SMILES string of the molecule is c1ccc([Si]2(c3ccccc3)c3ccccc3C3(c4ccccc4-c4ccc(N5CCCN6CCCN=C65)cc43)c3ccccc32)cc1. The van der Waals surface area contributed by atoms with Crippen molar-refractivity contribution in [2.24, 2.45) is 4.99 Å². The smallest absolute Gasteiger partial charge is 0.201 e. The lowest BCUT2D eigenvalue weighted by Crippen LogP contribution is -2.79. The molecule has 4 heteroatoms. The second kappa shape index (κ2) is 10.7. The Labute approximate surface area is 283 Å². The molecule has 1 saturated heterocycles. The van der Waals surface area contributed by atoms with Gasteiger partial charge in [-0.05, 0) is 79.1 Å². The van der Waals surface area contributed by atoms with Gasteiger partial charge in [0.25, 0.3) is 0 Å². The topological polar surface area (TPSA) is 18.8 Å². The third kappa shape index (κ3) is 3.61. The first kappa shape index (κ1) is 27.9. The molecule has 0 radical (unpaired) electrons. The molecule has 4 aliphatic rings. The first-order chi connectivity index (χ1) is 23.8. The average Bonchev–Trinajstić information content (AvgIpc) is 3.46. The van der Waals surface area contributed by atoms with E-state index in [1.165, 1.54) is 59.8 Å². The number of fused-ring (bicyclic) bond motifs is 10. The molecular formula is C44H37N3Si.